The second kappa shape index (κ2) is 11.2. The van der Waals surface area contributed by atoms with Gasteiger partial charge in [0.1, 0.15) is 11.4 Å². The van der Waals surface area contributed by atoms with E-state index in [1.165, 1.54) is 0 Å². The maximum absolute atomic E-state index is 13.7. The molecule has 4 bridgehead atoms. The second-order valence-corrected chi connectivity index (χ2v) is 11.8. The van der Waals surface area contributed by atoms with E-state index >= 15 is 0 Å². The topological polar surface area (TPSA) is 135 Å². The van der Waals surface area contributed by atoms with E-state index in [0.717, 1.165) is 23.4 Å². The zero-order chi connectivity index (χ0) is 28.3. The molecular weight excluding hydrogens is 510 g/mol. The first-order valence-corrected chi connectivity index (χ1v) is 13.9. The number of rotatable bonds is 1. The molecule has 11 heteroatoms. The van der Waals surface area contributed by atoms with E-state index in [1.807, 2.05) is 51.2 Å². The SMILES string of the molecule is CC(C)(C)c1cc(C(=O)N2CCC3(CC2)Cc2cn(nn2)CCCOc2ccc(cc2)CCNC3=O)nc(=O)[nH]1. The number of ether oxygens (including phenoxy) is 1. The molecule has 0 aliphatic carbocycles. The van der Waals surface area contributed by atoms with Crippen LogP contribution >= 0.6 is 0 Å². The van der Waals surface area contributed by atoms with Crippen molar-refractivity contribution in [2.45, 2.75) is 64.8 Å². The summed E-state index contributed by atoms with van der Waals surface area (Å²) in [6.45, 7) is 8.38. The van der Waals surface area contributed by atoms with Crippen LogP contribution in [0.1, 0.15) is 67.5 Å². The maximum atomic E-state index is 13.7. The van der Waals surface area contributed by atoms with Crippen molar-refractivity contribution in [3.63, 3.8) is 0 Å². The third-order valence-electron chi connectivity index (χ3n) is 7.79. The summed E-state index contributed by atoms with van der Waals surface area (Å²) in [5.41, 5.74) is 1.04. The van der Waals surface area contributed by atoms with Gasteiger partial charge >= 0.3 is 5.69 Å². The molecule has 1 spiro atoms. The lowest BCUT2D eigenvalue weighted by atomic mass is 9.74. The number of hydrogen-bond acceptors (Lipinski definition) is 7. The molecule has 3 aliphatic rings. The Bertz CT molecular complexity index is 1410. The molecule has 1 saturated heterocycles. The van der Waals surface area contributed by atoms with Crippen LogP contribution in [0.4, 0.5) is 0 Å². The number of piperidine rings is 1. The smallest absolute Gasteiger partial charge is 0.345 e. The Balaban J connectivity index is 1.34. The fourth-order valence-corrected chi connectivity index (χ4v) is 5.31. The lowest BCUT2D eigenvalue weighted by Gasteiger charge is -2.40. The van der Waals surface area contributed by atoms with Crippen molar-refractivity contribution in [1.82, 2.24) is 35.2 Å². The summed E-state index contributed by atoms with van der Waals surface area (Å²) in [5, 5.41) is 11.8. The van der Waals surface area contributed by atoms with Crippen LogP contribution in [0.25, 0.3) is 0 Å². The third kappa shape index (κ3) is 6.24. The van der Waals surface area contributed by atoms with E-state index in [0.29, 0.717) is 64.2 Å². The number of nitrogens with zero attached hydrogens (tertiary/aromatic N) is 5. The van der Waals surface area contributed by atoms with E-state index < -0.39 is 11.1 Å². The summed E-state index contributed by atoms with van der Waals surface area (Å²) >= 11 is 0. The quantitative estimate of drug-likeness (QED) is 0.477. The minimum atomic E-state index is -0.725. The molecule has 1 fully saturated rings. The van der Waals surface area contributed by atoms with Crippen molar-refractivity contribution in [3.05, 3.63) is 69.7 Å². The standard InChI is InChI=1S/C29H37N7O4/c1-28(2,3)24-17-23(31-27(39)32-24)25(37)35-14-10-29(11-15-35)18-21-19-36(34-33-21)13-4-16-40-22-7-5-20(6-8-22)9-12-30-26(29)38/h5-8,17,19H,4,9-16,18H2,1-3H3,(H,30,38)(H,31,32,39). The molecule has 212 valence electrons. The number of H-pyrrole nitrogens is 1. The highest BCUT2D eigenvalue weighted by molar-refractivity contribution is 5.92. The third-order valence-corrected chi connectivity index (χ3v) is 7.79. The Morgan fingerprint density at radius 1 is 1.07 bits per heavy atom. The molecule has 0 radical (unpaired) electrons. The molecule has 11 nitrogen and oxygen atoms in total. The molecule has 0 saturated carbocycles. The summed E-state index contributed by atoms with van der Waals surface area (Å²) in [6, 6.07) is 9.62. The number of hydrogen-bond donors (Lipinski definition) is 2. The lowest BCUT2D eigenvalue weighted by molar-refractivity contribution is -0.133. The molecule has 5 heterocycles. The summed E-state index contributed by atoms with van der Waals surface area (Å²) in [4.78, 5) is 47.7. The average Bonchev–Trinajstić information content (AvgIpc) is 3.37. The van der Waals surface area contributed by atoms with Gasteiger partial charge in [0.25, 0.3) is 5.91 Å². The second-order valence-electron chi connectivity index (χ2n) is 11.8. The zero-order valence-electron chi connectivity index (χ0n) is 23.4. The maximum Gasteiger partial charge on any atom is 0.345 e. The number of aryl methyl sites for hydroxylation is 1. The highest BCUT2D eigenvalue weighted by Gasteiger charge is 2.43. The molecule has 2 N–H and O–H groups in total. The normalized spacial score (nSPS) is 18.2. The largest absolute Gasteiger partial charge is 0.494 e. The van der Waals surface area contributed by atoms with Crippen LogP contribution in [0.5, 0.6) is 5.75 Å². The van der Waals surface area contributed by atoms with Crippen LogP contribution in [0.3, 0.4) is 0 Å². The molecule has 3 aliphatic heterocycles. The predicted octanol–water partition coefficient (Wildman–Crippen LogP) is 2.27. The predicted molar refractivity (Wildman–Crippen MR) is 148 cm³/mol. The van der Waals surface area contributed by atoms with E-state index in [2.05, 4.69) is 25.6 Å². The number of benzene rings is 1. The average molecular weight is 548 g/mol. The van der Waals surface area contributed by atoms with Gasteiger partial charge in [0.05, 0.1) is 17.7 Å². The van der Waals surface area contributed by atoms with Gasteiger partial charge in [-0.2, -0.15) is 4.98 Å². The minimum absolute atomic E-state index is 0.0391. The Labute approximate surface area is 233 Å². The van der Waals surface area contributed by atoms with Crippen LogP contribution in [0, 0.1) is 5.41 Å². The number of carbonyl (C=O) groups excluding carboxylic acids is 2. The van der Waals surface area contributed by atoms with Gasteiger partial charge in [-0.15, -0.1) is 5.10 Å². The number of carbonyl (C=O) groups is 2. The van der Waals surface area contributed by atoms with Crippen LogP contribution in [-0.4, -0.2) is 67.9 Å². The Hall–Kier alpha value is -4.02. The molecule has 0 unspecified atom stereocenters. The van der Waals surface area contributed by atoms with Crippen molar-refractivity contribution >= 4 is 11.8 Å². The van der Waals surface area contributed by atoms with Gasteiger partial charge < -0.3 is 19.9 Å². The monoisotopic (exact) mass is 547 g/mol. The van der Waals surface area contributed by atoms with Gasteiger partial charge in [-0.05, 0) is 43.0 Å². The van der Waals surface area contributed by atoms with Crippen LogP contribution < -0.4 is 15.7 Å². The molecule has 2 amide bonds. The van der Waals surface area contributed by atoms with Gasteiger partial charge in [0, 0.05) is 56.3 Å². The molecule has 40 heavy (non-hydrogen) atoms. The minimum Gasteiger partial charge on any atom is -0.494 e. The number of aromatic amines is 1. The van der Waals surface area contributed by atoms with Crippen LogP contribution in [0.2, 0.25) is 0 Å². The van der Waals surface area contributed by atoms with Gasteiger partial charge in [-0.1, -0.05) is 38.1 Å². The molecular formula is C29H37N7O4. The van der Waals surface area contributed by atoms with E-state index in [1.54, 1.807) is 15.6 Å². The van der Waals surface area contributed by atoms with Crippen LogP contribution in [-0.2, 0) is 29.6 Å². The number of likely N-dealkylation sites (tertiary alicyclic amines) is 1. The lowest BCUT2D eigenvalue weighted by Crippen LogP contribution is -2.51. The fourth-order valence-electron chi connectivity index (χ4n) is 5.31. The van der Waals surface area contributed by atoms with Gasteiger partial charge in [0.15, 0.2) is 0 Å². The molecule has 2 aromatic heterocycles. The first-order chi connectivity index (χ1) is 19.1. The van der Waals surface area contributed by atoms with E-state index in [9.17, 15) is 14.4 Å². The van der Waals surface area contributed by atoms with Crippen molar-refractivity contribution in [3.8, 4) is 5.75 Å². The van der Waals surface area contributed by atoms with Gasteiger partial charge in [-0.3, -0.25) is 14.3 Å². The van der Waals surface area contributed by atoms with Gasteiger partial charge in [-0.25, -0.2) is 4.79 Å². The van der Waals surface area contributed by atoms with E-state index in [-0.39, 0.29) is 22.9 Å². The Kier molecular flexibility index (Phi) is 7.73. The highest BCUT2D eigenvalue weighted by Crippen LogP contribution is 2.36. The summed E-state index contributed by atoms with van der Waals surface area (Å²) in [7, 11) is 0. The molecule has 0 atom stereocenters. The first kappa shape index (κ1) is 27.5. The highest BCUT2D eigenvalue weighted by atomic mass is 16.5. The van der Waals surface area contributed by atoms with E-state index in [4.69, 9.17) is 4.74 Å². The number of aromatic nitrogens is 5. The fraction of sp³-hybridized carbons (Fsp3) is 0.517. The number of fused-ring (bicyclic) bond motifs is 8. The Morgan fingerprint density at radius 2 is 1.82 bits per heavy atom. The number of amides is 2. The zero-order valence-corrected chi connectivity index (χ0v) is 23.4. The number of nitrogens with one attached hydrogen (secondary N) is 2. The van der Waals surface area contributed by atoms with Crippen LogP contribution in [0.15, 0.2) is 41.3 Å². The van der Waals surface area contributed by atoms with Crippen molar-refractivity contribution < 1.29 is 14.3 Å². The summed E-state index contributed by atoms with van der Waals surface area (Å²) in [5.74, 6) is 0.483. The van der Waals surface area contributed by atoms with Crippen molar-refractivity contribution in [1.29, 1.82) is 0 Å². The van der Waals surface area contributed by atoms with Gasteiger partial charge in [0.2, 0.25) is 5.91 Å². The molecule has 3 aromatic rings. The molecule has 1 aromatic carbocycles. The van der Waals surface area contributed by atoms with Crippen molar-refractivity contribution in [2.24, 2.45) is 5.41 Å². The summed E-state index contributed by atoms with van der Waals surface area (Å²) < 4.78 is 7.63. The summed E-state index contributed by atoms with van der Waals surface area (Å²) in [6.07, 6.45) is 4.74. The van der Waals surface area contributed by atoms with Crippen molar-refractivity contribution in [2.75, 3.05) is 26.2 Å². The first-order valence-electron chi connectivity index (χ1n) is 13.9. The Morgan fingerprint density at radius 3 is 2.55 bits per heavy atom. The molecule has 6 rings (SSSR count).